The Morgan fingerprint density at radius 1 is 0.868 bits per heavy atom. The summed E-state index contributed by atoms with van der Waals surface area (Å²) in [6, 6.07) is 15.6. The van der Waals surface area contributed by atoms with Crippen LogP contribution in [-0.2, 0) is 10.2 Å². The third kappa shape index (κ3) is 7.36. The second-order valence-corrected chi connectivity index (χ2v) is 9.72. The quantitative estimate of drug-likeness (QED) is 0.299. The highest BCUT2D eigenvalue weighted by atomic mass is 19.2. The Bertz CT molecular complexity index is 1310. The van der Waals surface area contributed by atoms with E-state index in [2.05, 4.69) is 36.7 Å². The summed E-state index contributed by atoms with van der Waals surface area (Å²) in [5.41, 5.74) is 2.64. The molecule has 0 saturated carbocycles. The molecule has 0 aliphatic rings. The number of nitrogens with one attached hydrogen (secondary N) is 3. The molecule has 0 bridgehead atoms. The minimum absolute atomic E-state index is 0.0683. The van der Waals surface area contributed by atoms with E-state index < -0.39 is 48.2 Å². The van der Waals surface area contributed by atoms with Gasteiger partial charge in [-0.1, -0.05) is 57.2 Å². The number of rotatable bonds is 8. The average molecular weight is 526 g/mol. The van der Waals surface area contributed by atoms with Crippen LogP contribution in [0.1, 0.15) is 53.9 Å². The van der Waals surface area contributed by atoms with Crippen LogP contribution in [0.15, 0.2) is 66.7 Å². The summed E-state index contributed by atoms with van der Waals surface area (Å²) in [6.45, 7) is 5.77. The summed E-state index contributed by atoms with van der Waals surface area (Å²) in [4.78, 5) is 35.9. The first-order chi connectivity index (χ1) is 17.8. The van der Waals surface area contributed by atoms with Crippen molar-refractivity contribution in [1.29, 1.82) is 0 Å². The molecule has 1 unspecified atom stereocenters. The molecule has 0 saturated heterocycles. The summed E-state index contributed by atoms with van der Waals surface area (Å²) < 4.78 is 26.8. The van der Waals surface area contributed by atoms with Crippen LogP contribution in [-0.4, -0.2) is 40.8 Å². The largest absolute Gasteiger partial charge is 0.479 e. The number of anilines is 1. The number of aliphatic hydroxyl groups is 1. The van der Waals surface area contributed by atoms with Crippen molar-refractivity contribution in [3.8, 4) is 0 Å². The lowest BCUT2D eigenvalue weighted by atomic mass is 9.85. The molecule has 0 aliphatic carbocycles. The van der Waals surface area contributed by atoms with Crippen molar-refractivity contribution in [2.45, 2.75) is 38.3 Å². The van der Waals surface area contributed by atoms with E-state index in [-0.39, 0.29) is 16.7 Å². The van der Waals surface area contributed by atoms with Crippen LogP contribution in [0, 0.1) is 11.6 Å². The molecule has 0 spiro atoms. The summed E-state index contributed by atoms with van der Waals surface area (Å²) in [5, 5.41) is 25.8. The van der Waals surface area contributed by atoms with Crippen LogP contribution >= 0.6 is 0 Å². The predicted octanol–water partition coefficient (Wildman–Crippen LogP) is 4.35. The molecule has 2 atom stereocenters. The first-order valence-electron chi connectivity index (χ1n) is 11.8. The third-order valence-electron chi connectivity index (χ3n) is 5.81. The van der Waals surface area contributed by atoms with E-state index in [1.807, 2.05) is 24.3 Å². The van der Waals surface area contributed by atoms with E-state index in [1.54, 1.807) is 12.1 Å². The van der Waals surface area contributed by atoms with Gasteiger partial charge in [0.25, 0.3) is 5.91 Å². The van der Waals surface area contributed by atoms with Crippen molar-refractivity contribution in [3.05, 3.63) is 101 Å². The van der Waals surface area contributed by atoms with E-state index in [4.69, 9.17) is 5.11 Å². The van der Waals surface area contributed by atoms with E-state index in [9.17, 15) is 28.3 Å². The van der Waals surface area contributed by atoms with Gasteiger partial charge in [-0.05, 0) is 46.4 Å². The number of carboxylic acids is 1. The van der Waals surface area contributed by atoms with Gasteiger partial charge < -0.3 is 26.2 Å². The number of amides is 3. The van der Waals surface area contributed by atoms with Gasteiger partial charge in [0.2, 0.25) is 0 Å². The van der Waals surface area contributed by atoms with Gasteiger partial charge in [0.05, 0.1) is 12.6 Å². The third-order valence-corrected chi connectivity index (χ3v) is 5.81. The molecule has 10 heteroatoms. The minimum atomic E-state index is -1.73. The molecular weight excluding hydrogens is 496 g/mol. The van der Waals surface area contributed by atoms with Crippen molar-refractivity contribution in [2.24, 2.45) is 0 Å². The molecule has 0 heterocycles. The molecule has 38 heavy (non-hydrogen) atoms. The second kappa shape index (κ2) is 11.8. The number of carboxylic acid groups (broad SMARTS) is 1. The average Bonchev–Trinajstić information content (AvgIpc) is 2.87. The summed E-state index contributed by atoms with van der Waals surface area (Å²) in [5.74, 6) is -4.16. The van der Waals surface area contributed by atoms with Gasteiger partial charge in [-0.15, -0.1) is 0 Å². The highest BCUT2D eigenvalue weighted by Crippen LogP contribution is 2.27. The summed E-state index contributed by atoms with van der Waals surface area (Å²) >= 11 is 0. The van der Waals surface area contributed by atoms with E-state index in [0.717, 1.165) is 23.3 Å². The summed E-state index contributed by atoms with van der Waals surface area (Å²) in [6.07, 6.45) is -1.73. The Kier molecular flexibility index (Phi) is 8.80. The highest BCUT2D eigenvalue weighted by molar-refractivity contribution is 5.94. The van der Waals surface area contributed by atoms with Crippen LogP contribution in [0.25, 0.3) is 0 Å². The maximum absolute atomic E-state index is 13.6. The van der Waals surface area contributed by atoms with Crippen molar-refractivity contribution in [1.82, 2.24) is 10.6 Å². The molecule has 3 rings (SSSR count). The van der Waals surface area contributed by atoms with E-state index >= 15 is 0 Å². The monoisotopic (exact) mass is 525 g/mol. The number of aliphatic carboxylic acids is 1. The van der Waals surface area contributed by atoms with Gasteiger partial charge in [-0.25, -0.2) is 18.4 Å². The molecule has 0 aromatic heterocycles. The molecule has 3 aromatic carbocycles. The topological polar surface area (TPSA) is 128 Å². The molecule has 5 N–H and O–H groups in total. The van der Waals surface area contributed by atoms with Gasteiger partial charge in [-0.3, -0.25) is 4.79 Å². The number of carbonyl (C=O) groups excluding carboxylic acids is 2. The molecule has 3 amide bonds. The fourth-order valence-electron chi connectivity index (χ4n) is 3.61. The molecule has 8 nitrogen and oxygen atoms in total. The molecule has 0 fully saturated rings. The number of halogens is 2. The van der Waals surface area contributed by atoms with E-state index in [1.165, 1.54) is 18.2 Å². The maximum atomic E-state index is 13.6. The number of carbonyl (C=O) groups is 3. The molecule has 200 valence electrons. The lowest BCUT2D eigenvalue weighted by Gasteiger charge is -2.23. The van der Waals surface area contributed by atoms with Crippen LogP contribution in [0.2, 0.25) is 0 Å². The highest BCUT2D eigenvalue weighted by Gasteiger charge is 2.21. The first kappa shape index (κ1) is 28.3. The molecular formula is C28H29F2N3O5. The van der Waals surface area contributed by atoms with Crippen LogP contribution in [0.3, 0.4) is 0 Å². The normalized spacial score (nSPS) is 12.8. The number of hydrogen-bond acceptors (Lipinski definition) is 4. The zero-order chi connectivity index (χ0) is 28.0. The van der Waals surface area contributed by atoms with Crippen LogP contribution in [0.4, 0.5) is 19.3 Å². The number of urea groups is 1. The molecule has 3 aromatic rings. The van der Waals surface area contributed by atoms with Crippen molar-refractivity contribution < 1.29 is 33.4 Å². The van der Waals surface area contributed by atoms with Crippen molar-refractivity contribution in [2.75, 3.05) is 11.9 Å². The molecule has 0 radical (unpaired) electrons. The fourth-order valence-corrected chi connectivity index (χ4v) is 3.61. The zero-order valence-electron chi connectivity index (χ0n) is 21.1. The second-order valence-electron chi connectivity index (χ2n) is 9.72. The first-order valence-corrected chi connectivity index (χ1v) is 11.8. The SMILES string of the molecule is CC(C)(C)c1ccc(C(NC(=O)Nc2ccc(F)c(F)c2)c2ccc(C(=O)NC[C@@H](O)C(=O)O)cc2)cc1. The van der Waals surface area contributed by atoms with Gasteiger partial charge in [0.15, 0.2) is 17.7 Å². The number of aliphatic hydroxyl groups excluding tert-OH is 1. The van der Waals surface area contributed by atoms with Crippen LogP contribution < -0.4 is 16.0 Å². The fraction of sp³-hybridized carbons (Fsp3) is 0.250. The number of hydrogen-bond donors (Lipinski definition) is 5. The van der Waals surface area contributed by atoms with Crippen molar-refractivity contribution >= 4 is 23.6 Å². The Hall–Kier alpha value is -4.31. The summed E-state index contributed by atoms with van der Waals surface area (Å²) in [7, 11) is 0. The zero-order valence-corrected chi connectivity index (χ0v) is 21.1. The Morgan fingerprint density at radius 2 is 1.45 bits per heavy atom. The Labute approximate surface area is 218 Å². The van der Waals surface area contributed by atoms with Gasteiger partial charge in [-0.2, -0.15) is 0 Å². The van der Waals surface area contributed by atoms with E-state index in [0.29, 0.717) is 5.56 Å². The standard InChI is InChI=1S/C28H29F2N3O5/c1-28(2,3)19-10-8-17(9-11-19)24(33-27(38)32-20-12-13-21(29)22(30)14-20)16-4-6-18(7-5-16)25(35)31-15-23(34)26(36)37/h4-14,23-24,34H,15H2,1-3H3,(H,31,35)(H,36,37)(H2,32,33,38)/t23-,24?/m1/s1. The smallest absolute Gasteiger partial charge is 0.334 e. The Morgan fingerprint density at radius 3 is 1.97 bits per heavy atom. The lowest BCUT2D eigenvalue weighted by molar-refractivity contribution is -0.146. The Balaban J connectivity index is 1.84. The van der Waals surface area contributed by atoms with Crippen molar-refractivity contribution in [3.63, 3.8) is 0 Å². The predicted molar refractivity (Wildman–Crippen MR) is 138 cm³/mol. The molecule has 0 aliphatic heterocycles. The van der Waals surface area contributed by atoms with Gasteiger partial charge >= 0.3 is 12.0 Å². The van der Waals surface area contributed by atoms with Gasteiger partial charge in [0, 0.05) is 17.3 Å². The minimum Gasteiger partial charge on any atom is -0.479 e. The maximum Gasteiger partial charge on any atom is 0.334 e. The lowest BCUT2D eigenvalue weighted by Crippen LogP contribution is -2.36. The number of benzene rings is 3. The van der Waals surface area contributed by atoms with Crippen LogP contribution in [0.5, 0.6) is 0 Å². The van der Waals surface area contributed by atoms with Gasteiger partial charge in [0.1, 0.15) is 0 Å².